The molecule has 6 nitrogen and oxygen atoms in total. The molecule has 2 amide bonds. The zero-order valence-corrected chi connectivity index (χ0v) is 18.5. The van der Waals surface area contributed by atoms with Crippen molar-refractivity contribution in [2.24, 2.45) is 0 Å². The zero-order valence-electron chi connectivity index (χ0n) is 16.2. The minimum atomic E-state index is -1.23. The van der Waals surface area contributed by atoms with E-state index >= 15 is 0 Å². The molecular formula is C23H14Cl2N2O4S. The molecule has 4 aromatic rings. The Morgan fingerprint density at radius 1 is 0.781 bits per heavy atom. The average Bonchev–Trinajstić information content (AvgIpc) is 3.18. The highest BCUT2D eigenvalue weighted by Gasteiger charge is 2.18. The number of amides is 2. The number of carboxylic acids is 1. The Hall–Kier alpha value is -3.39. The van der Waals surface area contributed by atoms with Gasteiger partial charge in [-0.1, -0.05) is 29.3 Å². The zero-order chi connectivity index (χ0) is 22.8. The second-order valence-corrected chi connectivity index (χ2v) is 8.73. The summed E-state index contributed by atoms with van der Waals surface area (Å²) in [5.41, 5.74) is 0.590. The molecule has 3 N–H and O–H groups in total. The molecule has 0 saturated carbocycles. The highest BCUT2D eigenvalue weighted by Crippen LogP contribution is 2.29. The minimum Gasteiger partial charge on any atom is -0.478 e. The summed E-state index contributed by atoms with van der Waals surface area (Å²) in [5.74, 6) is -2.18. The molecule has 0 radical (unpaired) electrons. The van der Waals surface area contributed by atoms with Crippen molar-refractivity contribution in [3.05, 3.63) is 92.8 Å². The van der Waals surface area contributed by atoms with Crippen LogP contribution in [0.2, 0.25) is 10.0 Å². The second-order valence-electron chi connectivity index (χ2n) is 6.77. The Morgan fingerprint density at radius 2 is 1.50 bits per heavy atom. The molecule has 0 atom stereocenters. The number of carbonyl (C=O) groups excluding carboxylic acids is 2. The number of thiophene rings is 1. The van der Waals surface area contributed by atoms with Crippen LogP contribution in [0.15, 0.2) is 66.7 Å². The lowest BCUT2D eigenvalue weighted by Crippen LogP contribution is -2.16. The van der Waals surface area contributed by atoms with Gasteiger partial charge in [-0.2, -0.15) is 0 Å². The van der Waals surface area contributed by atoms with E-state index in [4.69, 9.17) is 23.2 Å². The minimum absolute atomic E-state index is 0.0155. The van der Waals surface area contributed by atoms with Crippen molar-refractivity contribution in [2.75, 3.05) is 10.6 Å². The largest absolute Gasteiger partial charge is 0.478 e. The van der Waals surface area contributed by atoms with Gasteiger partial charge in [0.05, 0.1) is 16.1 Å². The van der Waals surface area contributed by atoms with Gasteiger partial charge in [-0.3, -0.25) is 9.59 Å². The summed E-state index contributed by atoms with van der Waals surface area (Å²) in [6.45, 7) is 0. The van der Waals surface area contributed by atoms with Crippen molar-refractivity contribution in [1.82, 2.24) is 0 Å². The number of fused-ring (bicyclic) bond motifs is 1. The number of nitrogens with one attached hydrogen (secondary N) is 2. The third-order valence-electron chi connectivity index (χ3n) is 4.57. The summed E-state index contributed by atoms with van der Waals surface area (Å²) >= 11 is 13.1. The molecular weight excluding hydrogens is 471 g/mol. The smallest absolute Gasteiger partial charge is 0.337 e. The standard InChI is InChI=1S/C23H14Cl2N2O4S/c24-14-4-6-16(7-5-14)26-21(28)13-2-8-17(23(30)31)18(9-13)27-22(29)20-10-12-1-3-15(25)11-19(12)32-20/h1-11H,(H,26,28)(H,27,29)(H,30,31). The van der Waals surface area contributed by atoms with Gasteiger partial charge in [-0.25, -0.2) is 4.79 Å². The van der Waals surface area contributed by atoms with Crippen molar-refractivity contribution in [1.29, 1.82) is 0 Å². The van der Waals surface area contributed by atoms with E-state index in [2.05, 4.69) is 10.6 Å². The first-order valence-electron chi connectivity index (χ1n) is 9.25. The van der Waals surface area contributed by atoms with Crippen molar-refractivity contribution in [2.45, 2.75) is 0 Å². The van der Waals surface area contributed by atoms with Crippen LogP contribution >= 0.6 is 34.5 Å². The Kier molecular flexibility index (Phi) is 6.14. The predicted molar refractivity (Wildman–Crippen MR) is 128 cm³/mol. The lowest BCUT2D eigenvalue weighted by Gasteiger charge is -2.11. The van der Waals surface area contributed by atoms with E-state index in [-0.39, 0.29) is 16.8 Å². The fraction of sp³-hybridized carbons (Fsp3) is 0. The molecule has 0 aliphatic heterocycles. The van der Waals surface area contributed by atoms with Gasteiger partial charge in [-0.15, -0.1) is 11.3 Å². The molecule has 9 heteroatoms. The molecule has 0 unspecified atom stereocenters. The molecule has 0 saturated heterocycles. The molecule has 0 spiro atoms. The van der Waals surface area contributed by atoms with E-state index in [1.807, 2.05) is 0 Å². The molecule has 0 fully saturated rings. The number of rotatable bonds is 5. The van der Waals surface area contributed by atoms with Crippen LogP contribution in [-0.2, 0) is 0 Å². The third-order valence-corrected chi connectivity index (χ3v) is 6.15. The van der Waals surface area contributed by atoms with Gasteiger partial charge in [0.1, 0.15) is 0 Å². The summed E-state index contributed by atoms with van der Waals surface area (Å²) < 4.78 is 0.831. The SMILES string of the molecule is O=C(Nc1ccc(Cl)cc1)c1ccc(C(=O)O)c(NC(=O)c2cc3ccc(Cl)cc3s2)c1. The fourth-order valence-corrected chi connectivity index (χ4v) is 4.37. The number of hydrogen-bond acceptors (Lipinski definition) is 4. The maximum atomic E-state index is 12.8. The summed E-state index contributed by atoms with van der Waals surface area (Å²) in [5, 5.41) is 16.8. The van der Waals surface area contributed by atoms with E-state index in [1.165, 1.54) is 29.5 Å². The molecule has 32 heavy (non-hydrogen) atoms. The molecule has 0 bridgehead atoms. The van der Waals surface area contributed by atoms with E-state index in [1.54, 1.807) is 48.5 Å². The number of hydrogen-bond donors (Lipinski definition) is 3. The Labute approximate surface area is 196 Å². The van der Waals surface area contributed by atoms with Gasteiger partial charge in [0, 0.05) is 26.0 Å². The highest BCUT2D eigenvalue weighted by molar-refractivity contribution is 7.21. The number of aromatic carboxylic acids is 1. The van der Waals surface area contributed by atoms with Crippen LogP contribution in [0.25, 0.3) is 10.1 Å². The topological polar surface area (TPSA) is 95.5 Å². The molecule has 4 rings (SSSR count). The van der Waals surface area contributed by atoms with Crippen molar-refractivity contribution >= 4 is 73.8 Å². The average molecular weight is 485 g/mol. The summed E-state index contributed by atoms with van der Waals surface area (Å²) in [6.07, 6.45) is 0. The summed E-state index contributed by atoms with van der Waals surface area (Å²) in [7, 11) is 0. The predicted octanol–water partition coefficient (Wildman–Crippen LogP) is 6.41. The van der Waals surface area contributed by atoms with Crippen molar-refractivity contribution in [3.8, 4) is 0 Å². The van der Waals surface area contributed by atoms with Crippen LogP contribution < -0.4 is 10.6 Å². The molecule has 1 heterocycles. The van der Waals surface area contributed by atoms with Gasteiger partial charge in [-0.05, 0) is 66.0 Å². The fourth-order valence-electron chi connectivity index (χ4n) is 3.01. The van der Waals surface area contributed by atoms with Gasteiger partial charge < -0.3 is 15.7 Å². The molecule has 1 aromatic heterocycles. The number of anilines is 2. The maximum Gasteiger partial charge on any atom is 0.337 e. The van der Waals surface area contributed by atoms with Gasteiger partial charge in [0.25, 0.3) is 11.8 Å². The van der Waals surface area contributed by atoms with Crippen LogP contribution in [0.4, 0.5) is 11.4 Å². The van der Waals surface area contributed by atoms with Crippen LogP contribution in [0.3, 0.4) is 0 Å². The van der Waals surface area contributed by atoms with Crippen LogP contribution in [-0.4, -0.2) is 22.9 Å². The van der Waals surface area contributed by atoms with Gasteiger partial charge in [0.2, 0.25) is 0 Å². The van der Waals surface area contributed by atoms with Crippen molar-refractivity contribution < 1.29 is 19.5 Å². The van der Waals surface area contributed by atoms with E-state index in [9.17, 15) is 19.5 Å². The number of benzene rings is 3. The quantitative estimate of drug-likeness (QED) is 0.304. The lowest BCUT2D eigenvalue weighted by molar-refractivity contribution is 0.0697. The van der Waals surface area contributed by atoms with E-state index in [0.717, 1.165) is 10.1 Å². The lowest BCUT2D eigenvalue weighted by atomic mass is 10.1. The van der Waals surface area contributed by atoms with Crippen LogP contribution in [0, 0.1) is 0 Å². The third kappa shape index (κ3) is 4.75. The first-order chi connectivity index (χ1) is 15.3. The highest BCUT2D eigenvalue weighted by atomic mass is 35.5. The number of carboxylic acid groups (broad SMARTS) is 1. The number of carbonyl (C=O) groups is 3. The molecule has 0 aliphatic rings. The Morgan fingerprint density at radius 3 is 2.22 bits per heavy atom. The first-order valence-corrected chi connectivity index (χ1v) is 10.8. The molecule has 160 valence electrons. The normalized spacial score (nSPS) is 10.7. The maximum absolute atomic E-state index is 12.8. The van der Waals surface area contributed by atoms with Gasteiger partial charge in [0.15, 0.2) is 0 Å². The molecule has 0 aliphatic carbocycles. The summed E-state index contributed by atoms with van der Waals surface area (Å²) in [4.78, 5) is 37.5. The Balaban J connectivity index is 1.61. The summed E-state index contributed by atoms with van der Waals surface area (Å²) in [6, 6.07) is 17.5. The second kappa shape index (κ2) is 9.00. The number of halogens is 2. The van der Waals surface area contributed by atoms with Crippen LogP contribution in [0.1, 0.15) is 30.4 Å². The van der Waals surface area contributed by atoms with Gasteiger partial charge >= 0.3 is 5.97 Å². The molecule has 3 aromatic carbocycles. The van der Waals surface area contributed by atoms with E-state index < -0.39 is 17.8 Å². The van der Waals surface area contributed by atoms with Crippen molar-refractivity contribution in [3.63, 3.8) is 0 Å². The Bertz CT molecular complexity index is 1370. The monoisotopic (exact) mass is 484 g/mol. The first kappa shape index (κ1) is 21.8. The van der Waals surface area contributed by atoms with E-state index in [0.29, 0.717) is 20.6 Å². The van der Waals surface area contributed by atoms with Crippen LogP contribution in [0.5, 0.6) is 0 Å².